The van der Waals surface area contributed by atoms with Gasteiger partial charge in [0.25, 0.3) is 0 Å². The first kappa shape index (κ1) is 18.2. The maximum absolute atomic E-state index is 12.1. The molecule has 3 aromatic rings. The lowest BCUT2D eigenvalue weighted by molar-refractivity contribution is -0.111. The normalized spacial score (nSPS) is 10.9. The van der Waals surface area contributed by atoms with E-state index in [2.05, 4.69) is 10.3 Å². The van der Waals surface area contributed by atoms with Crippen molar-refractivity contribution in [2.45, 2.75) is 6.92 Å². The van der Waals surface area contributed by atoms with E-state index < -0.39 is 0 Å². The van der Waals surface area contributed by atoms with Crippen LogP contribution in [0.1, 0.15) is 10.4 Å². The minimum atomic E-state index is -0.250. The molecule has 0 fully saturated rings. The number of nitrogens with one attached hydrogen (secondary N) is 1. The van der Waals surface area contributed by atoms with Gasteiger partial charge in [-0.25, -0.2) is 4.98 Å². The van der Waals surface area contributed by atoms with Crippen molar-refractivity contribution in [2.75, 3.05) is 12.4 Å². The zero-order valence-electron chi connectivity index (χ0n) is 14.3. The number of nitrogens with zero attached hydrogens (tertiary/aromatic N) is 1. The highest BCUT2D eigenvalue weighted by molar-refractivity contribution is 7.16. The van der Waals surface area contributed by atoms with E-state index >= 15 is 0 Å². The Hall–Kier alpha value is -2.63. The fraction of sp³-hybridized carbons (Fsp3) is 0.100. The van der Waals surface area contributed by atoms with Gasteiger partial charge in [-0.2, -0.15) is 0 Å². The van der Waals surface area contributed by atoms with Gasteiger partial charge >= 0.3 is 0 Å². The minimum absolute atomic E-state index is 0.250. The first-order valence-corrected chi connectivity index (χ1v) is 9.11. The molecule has 3 rings (SSSR count). The van der Waals surface area contributed by atoms with Gasteiger partial charge in [0, 0.05) is 21.5 Å². The third-order valence-electron chi connectivity index (χ3n) is 3.71. The molecule has 0 radical (unpaired) electrons. The van der Waals surface area contributed by atoms with Gasteiger partial charge in [-0.1, -0.05) is 29.8 Å². The summed E-state index contributed by atoms with van der Waals surface area (Å²) in [4.78, 5) is 17.7. The second kappa shape index (κ2) is 8.17. The van der Waals surface area contributed by atoms with Gasteiger partial charge in [-0.05, 0) is 48.9 Å². The predicted octanol–water partition coefficient (Wildman–Crippen LogP) is 5.43. The summed E-state index contributed by atoms with van der Waals surface area (Å²) in [7, 11) is 1.63. The van der Waals surface area contributed by atoms with Crippen molar-refractivity contribution in [3.63, 3.8) is 0 Å². The molecule has 0 aliphatic rings. The summed E-state index contributed by atoms with van der Waals surface area (Å²) >= 11 is 7.52. The summed E-state index contributed by atoms with van der Waals surface area (Å²) in [5.74, 6) is 0.541. The fourth-order valence-electron chi connectivity index (χ4n) is 2.39. The van der Waals surface area contributed by atoms with Crippen molar-refractivity contribution in [1.29, 1.82) is 0 Å². The van der Waals surface area contributed by atoms with Crippen LogP contribution in [0.3, 0.4) is 0 Å². The van der Waals surface area contributed by atoms with Crippen LogP contribution in [-0.2, 0) is 4.79 Å². The Morgan fingerprint density at radius 3 is 2.62 bits per heavy atom. The number of rotatable bonds is 5. The molecule has 0 spiro atoms. The summed E-state index contributed by atoms with van der Waals surface area (Å²) in [5.41, 5.74) is 2.62. The van der Waals surface area contributed by atoms with Crippen LogP contribution in [0.5, 0.6) is 5.75 Å². The number of thiazole rings is 1. The molecule has 0 saturated heterocycles. The van der Waals surface area contributed by atoms with Gasteiger partial charge in [0.15, 0.2) is 5.13 Å². The molecular weight excluding hydrogens is 368 g/mol. The van der Waals surface area contributed by atoms with Crippen LogP contribution < -0.4 is 10.1 Å². The summed E-state index contributed by atoms with van der Waals surface area (Å²) < 4.78 is 5.17. The average molecular weight is 385 g/mol. The number of ether oxygens (including phenoxy) is 1. The van der Waals surface area contributed by atoms with Gasteiger partial charge in [0.2, 0.25) is 5.91 Å². The number of methoxy groups -OCH3 is 1. The quantitative estimate of drug-likeness (QED) is 0.596. The van der Waals surface area contributed by atoms with Crippen molar-refractivity contribution in [1.82, 2.24) is 4.98 Å². The average Bonchev–Trinajstić information content (AvgIpc) is 3.01. The van der Waals surface area contributed by atoms with Crippen molar-refractivity contribution in [2.24, 2.45) is 0 Å². The Bertz CT molecular complexity index is 949. The molecule has 0 unspecified atom stereocenters. The molecule has 0 aliphatic carbocycles. The van der Waals surface area contributed by atoms with Crippen molar-refractivity contribution in [3.8, 4) is 17.0 Å². The number of benzene rings is 2. The minimum Gasteiger partial charge on any atom is -0.497 e. The van der Waals surface area contributed by atoms with Gasteiger partial charge in [0.05, 0.1) is 12.8 Å². The number of amides is 1. The number of carbonyl (C=O) groups excluding carboxylic acids is 1. The van der Waals surface area contributed by atoms with Crippen molar-refractivity contribution in [3.05, 3.63) is 70.1 Å². The van der Waals surface area contributed by atoms with E-state index in [0.717, 1.165) is 27.4 Å². The number of aromatic nitrogens is 1. The van der Waals surface area contributed by atoms with Gasteiger partial charge in [-0.15, -0.1) is 11.3 Å². The highest BCUT2D eigenvalue weighted by Gasteiger charge is 2.11. The Morgan fingerprint density at radius 1 is 1.19 bits per heavy atom. The van der Waals surface area contributed by atoms with Crippen molar-refractivity contribution >= 4 is 40.1 Å². The SMILES string of the molecule is COc1ccc(-c2nc(NC(=O)C=Cc3ccccc3Cl)sc2C)cc1. The number of hydrogen-bond acceptors (Lipinski definition) is 4. The maximum Gasteiger partial charge on any atom is 0.250 e. The smallest absolute Gasteiger partial charge is 0.250 e. The second-order valence-corrected chi connectivity index (χ2v) is 7.11. The molecule has 4 nitrogen and oxygen atoms in total. The molecule has 6 heteroatoms. The monoisotopic (exact) mass is 384 g/mol. The van der Waals surface area contributed by atoms with Crippen LogP contribution in [0.2, 0.25) is 5.02 Å². The van der Waals surface area contributed by atoms with E-state index in [4.69, 9.17) is 16.3 Å². The van der Waals surface area contributed by atoms with Crippen molar-refractivity contribution < 1.29 is 9.53 Å². The first-order valence-electron chi connectivity index (χ1n) is 7.92. The molecule has 0 atom stereocenters. The lowest BCUT2D eigenvalue weighted by Gasteiger charge is -2.01. The molecule has 0 aliphatic heterocycles. The molecular formula is C20H17ClN2O2S. The van der Waals surface area contributed by atoms with E-state index in [1.54, 1.807) is 19.3 Å². The molecule has 1 aromatic heterocycles. The van der Waals surface area contributed by atoms with E-state index in [-0.39, 0.29) is 5.91 Å². The molecule has 1 heterocycles. The topological polar surface area (TPSA) is 51.2 Å². The second-order valence-electron chi connectivity index (χ2n) is 5.50. The summed E-state index contributed by atoms with van der Waals surface area (Å²) in [6, 6.07) is 15.0. The molecule has 0 saturated carbocycles. The summed E-state index contributed by atoms with van der Waals surface area (Å²) in [6.07, 6.45) is 3.13. The van der Waals surface area contributed by atoms with Gasteiger partial charge in [0.1, 0.15) is 5.75 Å². The molecule has 1 amide bonds. The lowest BCUT2D eigenvalue weighted by Crippen LogP contribution is -2.07. The number of halogens is 1. The standard InChI is InChI=1S/C20H17ClN2O2S/c1-13-19(15-7-10-16(25-2)11-8-15)23-20(26-13)22-18(24)12-9-14-5-3-4-6-17(14)21/h3-12H,1-2H3,(H,22,23,24). The summed E-state index contributed by atoms with van der Waals surface area (Å²) in [6.45, 7) is 1.98. The molecule has 26 heavy (non-hydrogen) atoms. The third kappa shape index (κ3) is 4.31. The van der Waals surface area contributed by atoms with E-state index in [1.807, 2.05) is 49.4 Å². The van der Waals surface area contributed by atoms with Crippen LogP contribution in [0.25, 0.3) is 17.3 Å². The highest BCUT2D eigenvalue weighted by Crippen LogP contribution is 2.31. The molecule has 0 bridgehead atoms. The number of aryl methyl sites for hydroxylation is 1. The molecule has 1 N–H and O–H groups in total. The Kier molecular flexibility index (Phi) is 5.71. The van der Waals surface area contributed by atoms with Gasteiger partial charge < -0.3 is 4.74 Å². The Balaban J connectivity index is 1.72. The molecule has 2 aromatic carbocycles. The van der Waals surface area contributed by atoms with E-state index in [0.29, 0.717) is 10.2 Å². The van der Waals surface area contributed by atoms with E-state index in [9.17, 15) is 4.79 Å². The number of anilines is 1. The van der Waals surface area contributed by atoms with Crippen LogP contribution in [0.15, 0.2) is 54.6 Å². The van der Waals surface area contributed by atoms with Crippen LogP contribution in [-0.4, -0.2) is 18.0 Å². The number of hydrogen-bond donors (Lipinski definition) is 1. The largest absolute Gasteiger partial charge is 0.497 e. The van der Waals surface area contributed by atoms with E-state index in [1.165, 1.54) is 17.4 Å². The highest BCUT2D eigenvalue weighted by atomic mass is 35.5. The fourth-order valence-corrected chi connectivity index (χ4v) is 3.43. The number of carbonyl (C=O) groups is 1. The zero-order chi connectivity index (χ0) is 18.5. The maximum atomic E-state index is 12.1. The molecule has 132 valence electrons. The zero-order valence-corrected chi connectivity index (χ0v) is 15.9. The van der Waals surface area contributed by atoms with Crippen LogP contribution >= 0.6 is 22.9 Å². The lowest BCUT2D eigenvalue weighted by atomic mass is 10.1. The third-order valence-corrected chi connectivity index (χ3v) is 4.94. The predicted molar refractivity (Wildman–Crippen MR) is 108 cm³/mol. The van der Waals surface area contributed by atoms with Crippen LogP contribution in [0, 0.1) is 6.92 Å². The summed E-state index contributed by atoms with van der Waals surface area (Å²) in [5, 5.41) is 3.96. The Labute approximate surface area is 161 Å². The van der Waals surface area contributed by atoms with Crippen LogP contribution in [0.4, 0.5) is 5.13 Å². The first-order chi connectivity index (χ1) is 12.6. The van der Waals surface area contributed by atoms with Gasteiger partial charge in [-0.3, -0.25) is 10.1 Å². The Morgan fingerprint density at radius 2 is 1.92 bits per heavy atom.